The van der Waals surface area contributed by atoms with E-state index in [1.165, 1.54) is 26.4 Å². The third-order valence-corrected chi connectivity index (χ3v) is 4.26. The minimum absolute atomic E-state index is 0.0400. The average molecular weight is 435 g/mol. The lowest BCUT2D eigenvalue weighted by molar-refractivity contribution is -0.153. The van der Waals surface area contributed by atoms with Gasteiger partial charge in [-0.3, -0.25) is 5.32 Å². The van der Waals surface area contributed by atoms with Crippen molar-refractivity contribution in [1.29, 1.82) is 0 Å². The molecule has 1 unspecified atom stereocenters. The maximum Gasteiger partial charge on any atom is 0.411 e. The number of carbonyl (C=O) groups is 2. The second kappa shape index (κ2) is 11.2. The molecule has 0 aliphatic rings. The van der Waals surface area contributed by atoms with Crippen LogP contribution >= 0.6 is 0 Å². The third-order valence-electron chi connectivity index (χ3n) is 4.26. The van der Waals surface area contributed by atoms with Crippen LogP contribution in [0.2, 0.25) is 0 Å². The summed E-state index contributed by atoms with van der Waals surface area (Å²) in [5.41, 5.74) is 1.10. The molecular formula is C22H26FNO7. The number of hydrogen-bond donors (Lipinski definition) is 2. The van der Waals surface area contributed by atoms with Gasteiger partial charge in [-0.25, -0.2) is 14.0 Å². The largest absolute Gasteiger partial charge is 0.497 e. The molecule has 9 heteroatoms. The quantitative estimate of drug-likeness (QED) is 0.581. The van der Waals surface area contributed by atoms with Crippen LogP contribution in [0.5, 0.6) is 11.5 Å². The van der Waals surface area contributed by atoms with E-state index < -0.39 is 24.0 Å². The Bertz CT molecular complexity index is 917. The first-order valence-electron chi connectivity index (χ1n) is 9.54. The summed E-state index contributed by atoms with van der Waals surface area (Å²) in [6, 6.07) is 8.98. The Morgan fingerprint density at radius 3 is 2.39 bits per heavy atom. The van der Waals surface area contributed by atoms with E-state index in [-0.39, 0.29) is 24.7 Å². The zero-order valence-corrected chi connectivity index (χ0v) is 17.8. The molecule has 0 spiro atoms. The highest BCUT2D eigenvalue weighted by atomic mass is 19.1. The van der Waals surface area contributed by atoms with Gasteiger partial charge in [0.1, 0.15) is 23.9 Å². The lowest BCUT2D eigenvalue weighted by atomic mass is 10.1. The molecule has 0 radical (unpaired) electrons. The van der Waals surface area contributed by atoms with Crippen LogP contribution in [0.3, 0.4) is 0 Å². The van der Waals surface area contributed by atoms with Gasteiger partial charge in [0.05, 0.1) is 20.3 Å². The predicted molar refractivity (Wildman–Crippen MR) is 111 cm³/mol. The molecule has 168 valence electrons. The number of hydrogen-bond acceptors (Lipinski definition) is 6. The van der Waals surface area contributed by atoms with Crippen molar-refractivity contribution < 1.29 is 38.0 Å². The number of rotatable bonds is 10. The summed E-state index contributed by atoms with van der Waals surface area (Å²) in [7, 11) is 2.89. The molecule has 0 saturated heterocycles. The van der Waals surface area contributed by atoms with Crippen LogP contribution in [0.25, 0.3) is 0 Å². The third kappa shape index (κ3) is 7.14. The fraction of sp³-hybridized carbons (Fsp3) is 0.364. The second-order valence-electron chi connectivity index (χ2n) is 6.90. The number of carboxylic acid groups (broad SMARTS) is 1. The maximum absolute atomic E-state index is 14.0. The highest BCUT2D eigenvalue weighted by Gasteiger charge is 2.22. The molecule has 0 heterocycles. The Morgan fingerprint density at radius 2 is 1.81 bits per heavy atom. The van der Waals surface area contributed by atoms with Gasteiger partial charge in [0.25, 0.3) is 0 Å². The van der Waals surface area contributed by atoms with Crippen molar-refractivity contribution in [2.24, 2.45) is 0 Å². The SMILES string of the molecule is COc1ccc(COC(=O)Nc2ccc(OC)c(CC(OC(C)C)C(=O)O)c2)c(F)c1. The lowest BCUT2D eigenvalue weighted by Gasteiger charge is -2.18. The van der Waals surface area contributed by atoms with Gasteiger partial charge in [0, 0.05) is 23.7 Å². The monoisotopic (exact) mass is 435 g/mol. The van der Waals surface area contributed by atoms with Gasteiger partial charge in [0.15, 0.2) is 6.10 Å². The zero-order valence-electron chi connectivity index (χ0n) is 17.8. The number of anilines is 1. The van der Waals surface area contributed by atoms with Crippen LogP contribution in [0.15, 0.2) is 36.4 Å². The minimum Gasteiger partial charge on any atom is -0.497 e. The molecule has 2 aromatic rings. The first-order valence-corrected chi connectivity index (χ1v) is 9.54. The molecule has 0 aliphatic carbocycles. The Hall–Kier alpha value is -3.33. The van der Waals surface area contributed by atoms with Gasteiger partial charge in [0.2, 0.25) is 0 Å². The Balaban J connectivity index is 2.06. The summed E-state index contributed by atoms with van der Waals surface area (Å²) in [6.45, 7) is 3.22. The maximum atomic E-state index is 14.0. The summed E-state index contributed by atoms with van der Waals surface area (Å²) >= 11 is 0. The van der Waals surface area contributed by atoms with Gasteiger partial charge < -0.3 is 24.1 Å². The first kappa shape index (κ1) is 23.9. The van der Waals surface area contributed by atoms with E-state index in [0.29, 0.717) is 22.7 Å². The molecule has 2 N–H and O–H groups in total. The molecule has 2 rings (SSSR count). The second-order valence-corrected chi connectivity index (χ2v) is 6.90. The number of carboxylic acids is 1. The van der Waals surface area contributed by atoms with Crippen LogP contribution in [-0.4, -0.2) is 43.6 Å². The summed E-state index contributed by atoms with van der Waals surface area (Å²) in [5.74, 6) is -0.839. The average Bonchev–Trinajstić information content (AvgIpc) is 2.72. The number of aliphatic carboxylic acids is 1. The van der Waals surface area contributed by atoms with Crippen molar-refractivity contribution >= 4 is 17.7 Å². The van der Waals surface area contributed by atoms with Crippen LogP contribution < -0.4 is 14.8 Å². The number of methoxy groups -OCH3 is 2. The minimum atomic E-state index is -1.10. The fourth-order valence-corrected chi connectivity index (χ4v) is 2.81. The highest BCUT2D eigenvalue weighted by molar-refractivity contribution is 5.85. The topological polar surface area (TPSA) is 103 Å². The Labute approximate surface area is 179 Å². The van der Waals surface area contributed by atoms with Crippen LogP contribution in [-0.2, 0) is 27.3 Å². The van der Waals surface area contributed by atoms with E-state index >= 15 is 0 Å². The Morgan fingerprint density at radius 1 is 1.06 bits per heavy atom. The van der Waals surface area contributed by atoms with Crippen molar-refractivity contribution in [3.05, 3.63) is 53.3 Å². The molecule has 31 heavy (non-hydrogen) atoms. The molecule has 0 saturated carbocycles. The fourth-order valence-electron chi connectivity index (χ4n) is 2.81. The number of ether oxygens (including phenoxy) is 4. The number of carbonyl (C=O) groups excluding carboxylic acids is 1. The van der Waals surface area contributed by atoms with Crippen molar-refractivity contribution in [3.8, 4) is 11.5 Å². The van der Waals surface area contributed by atoms with Crippen LogP contribution in [0, 0.1) is 5.82 Å². The molecule has 1 atom stereocenters. The summed E-state index contributed by atoms with van der Waals surface area (Å²) < 4.78 is 34.7. The van der Waals surface area contributed by atoms with E-state index in [9.17, 15) is 19.1 Å². The number of amides is 1. The predicted octanol–water partition coefficient (Wildman–Crippen LogP) is 4.01. The molecule has 0 aliphatic heterocycles. The molecule has 8 nitrogen and oxygen atoms in total. The normalized spacial score (nSPS) is 11.7. The standard InChI is InChI=1S/C22H26FNO7/c1-13(2)31-20(21(25)26)10-15-9-16(6-8-19(15)29-4)24-22(27)30-12-14-5-7-17(28-3)11-18(14)23/h5-9,11,13,20H,10,12H2,1-4H3,(H,24,27)(H,25,26). The van der Waals surface area contributed by atoms with Gasteiger partial charge in [-0.2, -0.15) is 0 Å². The van der Waals surface area contributed by atoms with Crippen molar-refractivity contribution in [3.63, 3.8) is 0 Å². The van der Waals surface area contributed by atoms with Gasteiger partial charge in [-0.05, 0) is 49.7 Å². The van der Waals surface area contributed by atoms with Crippen molar-refractivity contribution in [1.82, 2.24) is 0 Å². The van der Waals surface area contributed by atoms with Crippen molar-refractivity contribution in [2.75, 3.05) is 19.5 Å². The van der Waals surface area contributed by atoms with E-state index in [2.05, 4.69) is 5.32 Å². The molecule has 0 bridgehead atoms. The molecule has 0 fully saturated rings. The number of benzene rings is 2. The lowest BCUT2D eigenvalue weighted by Crippen LogP contribution is -2.29. The molecule has 2 aromatic carbocycles. The van der Waals surface area contributed by atoms with Crippen LogP contribution in [0.4, 0.5) is 14.9 Å². The number of nitrogens with one attached hydrogen (secondary N) is 1. The molecule has 0 aromatic heterocycles. The zero-order chi connectivity index (χ0) is 23.0. The van der Waals surface area contributed by atoms with E-state index in [1.54, 1.807) is 38.1 Å². The summed E-state index contributed by atoms with van der Waals surface area (Å²) in [5, 5.41) is 11.9. The summed E-state index contributed by atoms with van der Waals surface area (Å²) in [4.78, 5) is 23.6. The van der Waals surface area contributed by atoms with E-state index in [0.717, 1.165) is 0 Å². The Kier molecular flexibility index (Phi) is 8.63. The molecular weight excluding hydrogens is 409 g/mol. The van der Waals surface area contributed by atoms with Crippen molar-refractivity contribution in [2.45, 2.75) is 39.1 Å². The van der Waals surface area contributed by atoms with E-state index in [1.807, 2.05) is 0 Å². The highest BCUT2D eigenvalue weighted by Crippen LogP contribution is 2.25. The van der Waals surface area contributed by atoms with Gasteiger partial charge in [-0.1, -0.05) is 0 Å². The van der Waals surface area contributed by atoms with E-state index in [4.69, 9.17) is 18.9 Å². The van der Waals surface area contributed by atoms with Gasteiger partial charge >= 0.3 is 12.1 Å². The number of halogens is 1. The first-order chi connectivity index (χ1) is 14.7. The summed E-state index contributed by atoms with van der Waals surface area (Å²) in [6.07, 6.45) is -2.10. The molecule has 1 amide bonds. The van der Waals surface area contributed by atoms with Gasteiger partial charge in [-0.15, -0.1) is 0 Å². The smallest absolute Gasteiger partial charge is 0.411 e. The van der Waals surface area contributed by atoms with Crippen LogP contribution in [0.1, 0.15) is 25.0 Å².